The molecule has 0 fully saturated rings. The lowest BCUT2D eigenvalue weighted by molar-refractivity contribution is 0.0686. The van der Waals surface area contributed by atoms with Crippen LogP contribution in [0.15, 0.2) is 58.6 Å². The van der Waals surface area contributed by atoms with Gasteiger partial charge in [0, 0.05) is 18.5 Å². The van der Waals surface area contributed by atoms with Crippen LogP contribution in [0.4, 0.5) is 0 Å². The number of fused-ring (bicyclic) bond motifs is 2. The standard InChI is InChI=1S/C16H16N4O3.C15H14N4O6/c1-16(2,3)10-4-5-12-11(6-10)13(21)19-15(18-12)20-8-9(7-17-20)14(22)23;1-23-9-4-8-10(12(25-3)11(9)24-2)13(20)18-15(17-8)19-6-7(5-16-19)14(21)22/h4-8H,1-3H3,(H,22,23)(H,18,19,21);4-6H,1-3H3,(H,21,22)(H,17,18,20). The van der Waals surface area contributed by atoms with Crippen LogP contribution in [0.2, 0.25) is 0 Å². The van der Waals surface area contributed by atoms with E-state index in [9.17, 15) is 19.2 Å². The number of carboxylic acids is 2. The van der Waals surface area contributed by atoms with Gasteiger partial charge in [-0.15, -0.1) is 0 Å². The first kappa shape index (κ1) is 32.9. The van der Waals surface area contributed by atoms with Crippen LogP contribution in [-0.2, 0) is 5.41 Å². The van der Waals surface area contributed by atoms with Gasteiger partial charge in [0.25, 0.3) is 11.1 Å². The normalized spacial score (nSPS) is 11.2. The lowest BCUT2D eigenvalue weighted by Gasteiger charge is -2.19. The molecule has 0 bridgehead atoms. The van der Waals surface area contributed by atoms with Gasteiger partial charge in [-0.05, 0) is 23.1 Å². The number of methoxy groups -OCH3 is 3. The Morgan fingerprint density at radius 1 is 0.750 bits per heavy atom. The molecule has 0 spiro atoms. The van der Waals surface area contributed by atoms with Crippen LogP contribution >= 0.6 is 0 Å². The maximum Gasteiger partial charge on any atom is 0.338 e. The predicted octanol–water partition coefficient (Wildman–Crippen LogP) is 2.94. The van der Waals surface area contributed by atoms with Gasteiger partial charge in [0.1, 0.15) is 5.39 Å². The van der Waals surface area contributed by atoms with Crippen LogP contribution in [0.5, 0.6) is 17.2 Å². The molecular weight excluding hydrogens is 628 g/mol. The molecule has 0 saturated heterocycles. The number of carbonyl (C=O) groups is 2. The summed E-state index contributed by atoms with van der Waals surface area (Å²) in [6.07, 6.45) is 4.90. The molecule has 248 valence electrons. The Hall–Kier alpha value is -6.52. The summed E-state index contributed by atoms with van der Waals surface area (Å²) in [4.78, 5) is 60.6. The Morgan fingerprint density at radius 3 is 1.77 bits per heavy atom. The van der Waals surface area contributed by atoms with Gasteiger partial charge in [-0.1, -0.05) is 26.8 Å². The summed E-state index contributed by atoms with van der Waals surface area (Å²) in [5.41, 5.74) is 0.983. The zero-order valence-electron chi connectivity index (χ0n) is 26.6. The quantitative estimate of drug-likeness (QED) is 0.194. The molecule has 0 atom stereocenters. The highest BCUT2D eigenvalue weighted by molar-refractivity contribution is 5.90. The second-order valence-electron chi connectivity index (χ2n) is 11.3. The number of benzene rings is 2. The van der Waals surface area contributed by atoms with Crippen molar-refractivity contribution >= 4 is 33.7 Å². The van der Waals surface area contributed by atoms with Gasteiger partial charge >= 0.3 is 11.9 Å². The maximum atomic E-state index is 12.5. The number of carboxylic acid groups (broad SMARTS) is 2. The smallest absolute Gasteiger partial charge is 0.338 e. The zero-order valence-corrected chi connectivity index (χ0v) is 26.6. The van der Waals surface area contributed by atoms with Crippen molar-refractivity contribution in [3.63, 3.8) is 0 Å². The van der Waals surface area contributed by atoms with E-state index in [1.54, 1.807) is 6.07 Å². The van der Waals surface area contributed by atoms with Gasteiger partial charge in [-0.3, -0.25) is 19.6 Å². The van der Waals surface area contributed by atoms with Crippen molar-refractivity contribution in [3.8, 4) is 29.1 Å². The van der Waals surface area contributed by atoms with Crippen molar-refractivity contribution in [1.29, 1.82) is 0 Å². The highest BCUT2D eigenvalue weighted by Crippen LogP contribution is 2.41. The van der Waals surface area contributed by atoms with Crippen LogP contribution in [-0.4, -0.2) is 83.0 Å². The average molecular weight is 659 g/mol. The minimum atomic E-state index is -1.14. The predicted molar refractivity (Wildman–Crippen MR) is 171 cm³/mol. The van der Waals surface area contributed by atoms with E-state index in [-0.39, 0.29) is 56.4 Å². The molecule has 0 aliphatic rings. The van der Waals surface area contributed by atoms with E-state index in [1.165, 1.54) is 50.7 Å². The van der Waals surface area contributed by atoms with Crippen molar-refractivity contribution < 1.29 is 34.0 Å². The molecule has 6 aromatic rings. The largest absolute Gasteiger partial charge is 0.493 e. The van der Waals surface area contributed by atoms with Crippen molar-refractivity contribution in [2.45, 2.75) is 26.2 Å². The third-order valence-electron chi connectivity index (χ3n) is 7.14. The third kappa shape index (κ3) is 6.28. The third-order valence-corrected chi connectivity index (χ3v) is 7.14. The maximum absolute atomic E-state index is 12.5. The number of hydrogen-bond donors (Lipinski definition) is 4. The van der Waals surface area contributed by atoms with Crippen molar-refractivity contribution in [2.24, 2.45) is 0 Å². The lowest BCUT2D eigenvalue weighted by Crippen LogP contribution is -2.16. The van der Waals surface area contributed by atoms with Crippen molar-refractivity contribution in [3.05, 3.63) is 86.5 Å². The van der Waals surface area contributed by atoms with E-state index >= 15 is 0 Å². The number of H-pyrrole nitrogens is 2. The van der Waals surface area contributed by atoms with E-state index in [0.717, 1.165) is 16.4 Å². The first-order valence-corrected chi connectivity index (χ1v) is 14.1. The van der Waals surface area contributed by atoms with E-state index in [1.807, 2.05) is 12.1 Å². The molecule has 0 amide bonds. The SMILES string of the molecule is CC(C)(C)c1ccc2nc(-n3cc(C(=O)O)cn3)[nH]c(=O)c2c1.COc1cc2nc(-n3cc(C(=O)O)cn3)[nH]c(=O)c2c(OC)c1OC. The summed E-state index contributed by atoms with van der Waals surface area (Å²) in [5.74, 6) is -1.20. The number of aromatic nitrogens is 8. The topological polar surface area (TPSA) is 229 Å². The molecule has 4 N–H and O–H groups in total. The molecule has 48 heavy (non-hydrogen) atoms. The molecule has 0 aliphatic heterocycles. The molecule has 6 rings (SSSR count). The number of ether oxygens (including phenoxy) is 3. The minimum Gasteiger partial charge on any atom is -0.493 e. The summed E-state index contributed by atoms with van der Waals surface area (Å²) in [6.45, 7) is 6.21. The van der Waals surface area contributed by atoms with Crippen LogP contribution in [0.3, 0.4) is 0 Å². The fourth-order valence-electron chi connectivity index (χ4n) is 4.67. The van der Waals surface area contributed by atoms with Crippen molar-refractivity contribution in [2.75, 3.05) is 21.3 Å². The Kier molecular flexibility index (Phi) is 8.70. The highest BCUT2D eigenvalue weighted by Gasteiger charge is 2.21. The monoisotopic (exact) mass is 658 g/mol. The molecule has 0 radical (unpaired) electrons. The molecule has 17 nitrogen and oxygen atoms in total. The van der Waals surface area contributed by atoms with Gasteiger partial charge in [0.05, 0.1) is 61.3 Å². The summed E-state index contributed by atoms with van der Waals surface area (Å²) in [6, 6.07) is 7.08. The fourth-order valence-corrected chi connectivity index (χ4v) is 4.67. The van der Waals surface area contributed by atoms with E-state index in [0.29, 0.717) is 16.7 Å². The highest BCUT2D eigenvalue weighted by atomic mass is 16.5. The van der Waals surface area contributed by atoms with E-state index in [2.05, 4.69) is 50.9 Å². The average Bonchev–Trinajstić information content (AvgIpc) is 3.75. The molecule has 2 aromatic carbocycles. The van der Waals surface area contributed by atoms with Gasteiger partial charge < -0.3 is 24.4 Å². The van der Waals surface area contributed by atoms with Gasteiger partial charge in [0.2, 0.25) is 17.6 Å². The van der Waals surface area contributed by atoms with Crippen LogP contribution in [0.1, 0.15) is 47.1 Å². The summed E-state index contributed by atoms with van der Waals surface area (Å²) >= 11 is 0. The first-order chi connectivity index (χ1) is 22.7. The number of nitrogens with zero attached hydrogens (tertiary/aromatic N) is 6. The molecule has 0 unspecified atom stereocenters. The first-order valence-electron chi connectivity index (χ1n) is 14.1. The second kappa shape index (κ2) is 12.7. The zero-order chi connectivity index (χ0) is 34.9. The Bertz CT molecular complexity index is 2310. The Morgan fingerprint density at radius 2 is 1.29 bits per heavy atom. The van der Waals surface area contributed by atoms with Gasteiger partial charge in [-0.25, -0.2) is 28.9 Å². The summed E-state index contributed by atoms with van der Waals surface area (Å²) in [5, 5.41) is 26.4. The lowest BCUT2D eigenvalue weighted by atomic mass is 9.86. The fraction of sp³-hybridized carbons (Fsp3) is 0.226. The molecule has 4 aromatic heterocycles. The van der Waals surface area contributed by atoms with E-state index < -0.39 is 17.5 Å². The van der Waals surface area contributed by atoms with E-state index in [4.69, 9.17) is 24.4 Å². The molecule has 0 aliphatic carbocycles. The van der Waals surface area contributed by atoms with Crippen LogP contribution in [0.25, 0.3) is 33.7 Å². The second-order valence-corrected chi connectivity index (χ2v) is 11.3. The Balaban J connectivity index is 0.000000188. The molecule has 0 saturated carbocycles. The summed E-state index contributed by atoms with van der Waals surface area (Å²) in [7, 11) is 4.28. The number of hydrogen-bond acceptors (Lipinski definition) is 11. The van der Waals surface area contributed by atoms with Gasteiger partial charge in [-0.2, -0.15) is 10.2 Å². The number of rotatable bonds is 7. The minimum absolute atomic E-state index is 0.0239. The summed E-state index contributed by atoms with van der Waals surface area (Å²) < 4.78 is 18.2. The van der Waals surface area contributed by atoms with Crippen LogP contribution in [0, 0.1) is 0 Å². The molecule has 4 heterocycles. The Labute approximate surface area is 270 Å². The number of aromatic amines is 2. The van der Waals surface area contributed by atoms with Gasteiger partial charge in [0.15, 0.2) is 11.5 Å². The molecule has 17 heteroatoms. The van der Waals surface area contributed by atoms with Crippen LogP contribution < -0.4 is 25.3 Å². The van der Waals surface area contributed by atoms with Crippen molar-refractivity contribution in [1.82, 2.24) is 39.5 Å². The molecular formula is C31H30N8O9. The number of nitrogens with one attached hydrogen (secondary N) is 2. The number of aromatic carboxylic acids is 2.